The van der Waals surface area contributed by atoms with Crippen molar-refractivity contribution in [1.29, 1.82) is 0 Å². The molecule has 1 N–H and O–H groups in total. The second-order valence-electron chi connectivity index (χ2n) is 6.89. The number of carbonyl (C=O) groups is 2. The van der Waals surface area contributed by atoms with E-state index >= 15 is 0 Å². The molecule has 0 saturated carbocycles. The first-order valence-corrected chi connectivity index (χ1v) is 9.72. The summed E-state index contributed by atoms with van der Waals surface area (Å²) < 4.78 is 17.1. The molecule has 1 aliphatic heterocycles. The van der Waals surface area contributed by atoms with Crippen molar-refractivity contribution < 1.29 is 23.8 Å². The van der Waals surface area contributed by atoms with Crippen molar-refractivity contribution in [3.63, 3.8) is 0 Å². The Morgan fingerprint density at radius 3 is 2.53 bits per heavy atom. The summed E-state index contributed by atoms with van der Waals surface area (Å²) in [5.41, 5.74) is -0.583. The number of esters is 2. The van der Waals surface area contributed by atoms with Gasteiger partial charge in [-0.3, -0.25) is 23.9 Å². The van der Waals surface area contributed by atoms with Gasteiger partial charge in [0, 0.05) is 32.0 Å². The van der Waals surface area contributed by atoms with Crippen molar-refractivity contribution in [1.82, 2.24) is 9.55 Å². The van der Waals surface area contributed by atoms with E-state index < -0.39 is 41.6 Å². The van der Waals surface area contributed by atoms with Crippen molar-refractivity contribution in [2.24, 2.45) is 0 Å². The van der Waals surface area contributed by atoms with Crippen LogP contribution in [0.5, 0.6) is 0 Å². The summed E-state index contributed by atoms with van der Waals surface area (Å²) in [4.78, 5) is 49.2. The lowest BCUT2D eigenvalue weighted by atomic mass is 10.2. The molecule has 1 aromatic heterocycles. The average molecular weight is 436 g/mol. The highest BCUT2D eigenvalue weighted by molar-refractivity contribution is 5.66. The summed E-state index contributed by atoms with van der Waals surface area (Å²) in [5.74, 6) is 9.67. The predicted octanol–water partition coefficient (Wildman–Crippen LogP) is 0.722. The van der Waals surface area contributed by atoms with E-state index in [4.69, 9.17) is 14.2 Å². The van der Waals surface area contributed by atoms with Gasteiger partial charge in [0.2, 0.25) is 0 Å². The third kappa shape index (κ3) is 5.97. The molecule has 32 heavy (non-hydrogen) atoms. The molecule has 2 heterocycles. The lowest BCUT2D eigenvalue weighted by Gasteiger charge is -2.17. The van der Waals surface area contributed by atoms with Crippen LogP contribution in [0.2, 0.25) is 0 Å². The molecule has 164 valence electrons. The number of aromatic nitrogens is 2. The summed E-state index contributed by atoms with van der Waals surface area (Å²) in [5, 5.41) is 0. The molecule has 1 fully saturated rings. The second kappa shape index (κ2) is 10.3. The molecule has 0 radical (unpaired) electrons. The summed E-state index contributed by atoms with van der Waals surface area (Å²) in [6.45, 7) is 2.33. The Morgan fingerprint density at radius 2 is 1.84 bits per heavy atom. The third-order valence-electron chi connectivity index (χ3n) is 4.47. The van der Waals surface area contributed by atoms with E-state index in [1.807, 2.05) is 30.3 Å². The Morgan fingerprint density at radius 1 is 1.12 bits per heavy atom. The highest BCUT2D eigenvalue weighted by Crippen LogP contribution is 2.30. The Labute approximate surface area is 183 Å². The van der Waals surface area contributed by atoms with Crippen LogP contribution in [0.3, 0.4) is 0 Å². The maximum Gasteiger partial charge on any atom is 0.330 e. The molecular formula is C23H20N2O7. The van der Waals surface area contributed by atoms with Gasteiger partial charge in [-0.15, -0.1) is 0 Å². The average Bonchev–Trinajstić information content (AvgIpc) is 3.13. The number of hydrogen-bond acceptors (Lipinski definition) is 7. The Hall–Kier alpha value is -4.08. The molecular weight excluding hydrogens is 416 g/mol. The predicted molar refractivity (Wildman–Crippen MR) is 112 cm³/mol. The molecule has 9 heteroatoms. The number of benzene rings is 1. The number of hydrogen-bond donors (Lipinski definition) is 1. The minimum Gasteiger partial charge on any atom is -0.463 e. The van der Waals surface area contributed by atoms with Crippen molar-refractivity contribution in [2.75, 3.05) is 6.61 Å². The van der Waals surface area contributed by atoms with E-state index in [1.165, 1.54) is 20.0 Å². The fourth-order valence-electron chi connectivity index (χ4n) is 3.07. The van der Waals surface area contributed by atoms with Gasteiger partial charge in [0.15, 0.2) is 0 Å². The van der Waals surface area contributed by atoms with Crippen molar-refractivity contribution >= 4 is 11.9 Å². The maximum absolute atomic E-state index is 12.4. The van der Waals surface area contributed by atoms with E-state index in [9.17, 15) is 19.2 Å². The van der Waals surface area contributed by atoms with Gasteiger partial charge in [-0.25, -0.2) is 4.79 Å². The molecule has 3 rings (SSSR count). The summed E-state index contributed by atoms with van der Waals surface area (Å²) in [6.07, 6.45) is -0.972. The van der Waals surface area contributed by atoms with Crippen LogP contribution in [0, 0.1) is 23.7 Å². The normalized spacial score (nSPS) is 19.1. The zero-order chi connectivity index (χ0) is 23.1. The van der Waals surface area contributed by atoms with Crippen LogP contribution in [0.15, 0.2) is 46.1 Å². The van der Waals surface area contributed by atoms with Gasteiger partial charge in [0.05, 0.1) is 0 Å². The summed E-state index contributed by atoms with van der Waals surface area (Å²) >= 11 is 0. The van der Waals surface area contributed by atoms with Gasteiger partial charge in [-0.05, 0) is 29.9 Å². The monoisotopic (exact) mass is 436 g/mol. The highest BCUT2D eigenvalue weighted by Gasteiger charge is 2.39. The van der Waals surface area contributed by atoms with Crippen LogP contribution in [-0.2, 0) is 23.8 Å². The van der Waals surface area contributed by atoms with Gasteiger partial charge < -0.3 is 14.2 Å². The first kappa shape index (κ1) is 22.6. The minimum atomic E-state index is -0.861. The first-order chi connectivity index (χ1) is 15.3. The van der Waals surface area contributed by atoms with Crippen LogP contribution in [-0.4, -0.2) is 40.3 Å². The van der Waals surface area contributed by atoms with Crippen LogP contribution >= 0.6 is 0 Å². The number of rotatable bonds is 4. The number of aromatic amines is 1. The number of nitrogens with one attached hydrogen (secondary N) is 1. The van der Waals surface area contributed by atoms with E-state index in [0.29, 0.717) is 0 Å². The van der Waals surface area contributed by atoms with E-state index in [1.54, 1.807) is 0 Å². The van der Waals surface area contributed by atoms with Crippen molar-refractivity contribution in [3.8, 4) is 23.7 Å². The number of nitrogens with zero attached hydrogens (tertiary/aromatic N) is 1. The molecule has 0 aliphatic carbocycles. The SMILES string of the molecule is CC(=O)OC[C@H]1O[C@@H](n2cc(C#CC#Cc3ccccc3)c(=O)[nH]c2=O)C[C@@H]1OC(C)=O. The van der Waals surface area contributed by atoms with Crippen molar-refractivity contribution in [2.45, 2.75) is 38.7 Å². The number of ether oxygens (including phenoxy) is 3. The molecule has 9 nitrogen and oxygen atoms in total. The second-order valence-corrected chi connectivity index (χ2v) is 6.89. The molecule has 1 saturated heterocycles. The van der Waals surface area contributed by atoms with Crippen LogP contribution in [0.25, 0.3) is 0 Å². The van der Waals surface area contributed by atoms with Gasteiger partial charge in [-0.2, -0.15) is 0 Å². The quantitative estimate of drug-likeness (QED) is 0.555. The van der Waals surface area contributed by atoms with E-state index in [0.717, 1.165) is 10.1 Å². The topological polar surface area (TPSA) is 117 Å². The third-order valence-corrected chi connectivity index (χ3v) is 4.47. The molecule has 3 atom stereocenters. The zero-order valence-corrected chi connectivity index (χ0v) is 17.4. The fraction of sp³-hybridized carbons (Fsp3) is 0.304. The Kier molecular flexibility index (Phi) is 7.27. The molecule has 0 unspecified atom stereocenters. The van der Waals surface area contributed by atoms with E-state index in [2.05, 4.69) is 28.7 Å². The number of carbonyl (C=O) groups excluding carboxylic acids is 2. The lowest BCUT2D eigenvalue weighted by molar-refractivity contribution is -0.155. The summed E-state index contributed by atoms with van der Waals surface area (Å²) in [6, 6.07) is 9.21. The Bertz CT molecular complexity index is 1240. The molecule has 1 aliphatic rings. The van der Waals surface area contributed by atoms with Crippen LogP contribution < -0.4 is 11.2 Å². The van der Waals surface area contributed by atoms with Gasteiger partial charge in [0.25, 0.3) is 5.56 Å². The zero-order valence-electron chi connectivity index (χ0n) is 17.4. The first-order valence-electron chi connectivity index (χ1n) is 9.72. The van der Waals surface area contributed by atoms with Crippen LogP contribution in [0.4, 0.5) is 0 Å². The molecule has 0 spiro atoms. The Balaban J connectivity index is 1.84. The van der Waals surface area contributed by atoms with Crippen LogP contribution in [0.1, 0.15) is 37.6 Å². The maximum atomic E-state index is 12.4. The largest absolute Gasteiger partial charge is 0.463 e. The van der Waals surface area contributed by atoms with E-state index in [-0.39, 0.29) is 18.6 Å². The van der Waals surface area contributed by atoms with Gasteiger partial charge in [-0.1, -0.05) is 24.1 Å². The molecule has 0 amide bonds. The standard InChI is InChI=1S/C23H20N2O7/c1-15(26)30-14-20-19(31-16(2)27)12-21(32-20)25-13-18(22(28)24-23(25)29)11-7-6-10-17-8-4-3-5-9-17/h3-5,8-9,13,19-21H,12,14H2,1-2H3,(H,24,28,29)/t19-,20+,21+/m0/s1. The molecule has 0 bridgehead atoms. The number of H-pyrrole nitrogens is 1. The van der Waals surface area contributed by atoms with Crippen molar-refractivity contribution in [3.05, 3.63) is 68.5 Å². The molecule has 2 aromatic rings. The highest BCUT2D eigenvalue weighted by atomic mass is 16.6. The smallest absolute Gasteiger partial charge is 0.330 e. The fourth-order valence-corrected chi connectivity index (χ4v) is 3.07. The minimum absolute atomic E-state index is 0.0167. The van der Waals surface area contributed by atoms with Gasteiger partial charge >= 0.3 is 17.6 Å². The summed E-state index contributed by atoms with van der Waals surface area (Å²) in [7, 11) is 0. The lowest BCUT2D eigenvalue weighted by Crippen LogP contribution is -2.34. The van der Waals surface area contributed by atoms with Gasteiger partial charge in [0.1, 0.15) is 30.6 Å². The molecule has 1 aromatic carbocycles.